The van der Waals surface area contributed by atoms with Gasteiger partial charge < -0.3 is 5.32 Å². The lowest BCUT2D eigenvalue weighted by Gasteiger charge is -2.26. The molecule has 7 heteroatoms. The molecule has 0 saturated heterocycles. The molecule has 0 saturated carbocycles. The number of hydrogen-bond acceptors (Lipinski definition) is 1. The molecule has 1 N–H and O–H groups in total. The minimum atomic E-state index is -4.52. The number of hydrogen-bond donors (Lipinski definition) is 1. The number of halogens is 6. The van der Waals surface area contributed by atoms with Gasteiger partial charge in [0.25, 0.3) is 0 Å². The Hall–Kier alpha value is -3.22. The molecule has 0 bridgehead atoms. The zero-order valence-electron chi connectivity index (χ0n) is 21.6. The summed E-state index contributed by atoms with van der Waals surface area (Å²) >= 11 is 0. The van der Waals surface area contributed by atoms with Gasteiger partial charge in [-0.2, -0.15) is 26.3 Å². The van der Waals surface area contributed by atoms with E-state index in [9.17, 15) is 26.3 Å². The fourth-order valence-corrected chi connectivity index (χ4v) is 5.21. The molecule has 2 aliphatic rings. The highest BCUT2D eigenvalue weighted by molar-refractivity contribution is 5.82. The van der Waals surface area contributed by atoms with Crippen molar-refractivity contribution >= 4 is 11.3 Å². The number of rotatable bonds is 5. The van der Waals surface area contributed by atoms with Gasteiger partial charge in [-0.1, -0.05) is 54.1 Å². The molecule has 0 spiro atoms. The first-order valence-electron chi connectivity index (χ1n) is 12.7. The molecule has 202 valence electrons. The summed E-state index contributed by atoms with van der Waals surface area (Å²) in [4.78, 5) is 0. The van der Waals surface area contributed by atoms with Crippen LogP contribution in [-0.4, -0.2) is 12.2 Å². The Bertz CT molecular complexity index is 1280. The molecule has 0 radical (unpaired) electrons. The van der Waals surface area contributed by atoms with Crippen LogP contribution in [0.25, 0.3) is 5.57 Å². The van der Waals surface area contributed by atoms with Crippen LogP contribution in [0, 0.1) is 26.7 Å². The lowest BCUT2D eigenvalue weighted by molar-refractivity contribution is -0.176. The van der Waals surface area contributed by atoms with Gasteiger partial charge in [0.15, 0.2) is 0 Å². The average Bonchev–Trinajstić information content (AvgIpc) is 2.85. The Kier molecular flexibility index (Phi) is 7.96. The van der Waals surface area contributed by atoms with Crippen molar-refractivity contribution in [3.05, 3.63) is 106 Å². The van der Waals surface area contributed by atoms with Crippen molar-refractivity contribution in [3.63, 3.8) is 0 Å². The van der Waals surface area contributed by atoms with Crippen LogP contribution >= 0.6 is 0 Å². The Labute approximate surface area is 219 Å². The fourth-order valence-electron chi connectivity index (χ4n) is 5.21. The summed E-state index contributed by atoms with van der Waals surface area (Å²) in [5, 5.41) is 3.56. The Morgan fingerprint density at radius 1 is 0.921 bits per heavy atom. The molecule has 2 atom stereocenters. The van der Waals surface area contributed by atoms with Gasteiger partial charge in [0, 0.05) is 11.7 Å². The maximum atomic E-state index is 13.4. The van der Waals surface area contributed by atoms with Crippen LogP contribution in [0.5, 0.6) is 0 Å². The van der Waals surface area contributed by atoms with Crippen molar-refractivity contribution < 1.29 is 26.3 Å². The summed E-state index contributed by atoms with van der Waals surface area (Å²) < 4.78 is 79.9. The average molecular weight is 532 g/mol. The molecule has 1 nitrogen and oxygen atoms in total. The van der Waals surface area contributed by atoms with Crippen molar-refractivity contribution in [2.75, 3.05) is 5.32 Å². The third-order valence-corrected chi connectivity index (χ3v) is 7.17. The predicted molar refractivity (Wildman–Crippen MR) is 141 cm³/mol. The second-order valence-corrected chi connectivity index (χ2v) is 10.2. The number of nitrogens with one attached hydrogen (secondary N) is 1. The molecule has 0 aliphatic heterocycles. The van der Waals surface area contributed by atoms with E-state index in [1.807, 2.05) is 18.2 Å². The van der Waals surface area contributed by atoms with Crippen molar-refractivity contribution in [2.24, 2.45) is 5.92 Å². The minimum absolute atomic E-state index is 0.0469. The van der Waals surface area contributed by atoms with Crippen LogP contribution in [0.3, 0.4) is 0 Å². The van der Waals surface area contributed by atoms with Crippen molar-refractivity contribution in [1.82, 2.24) is 0 Å². The van der Waals surface area contributed by atoms with Gasteiger partial charge in [0.1, 0.15) is 0 Å². The van der Waals surface area contributed by atoms with Crippen molar-refractivity contribution in [2.45, 2.75) is 64.8 Å². The molecule has 2 aromatic rings. The number of anilines is 1. The van der Waals surface area contributed by atoms with E-state index in [-0.39, 0.29) is 25.3 Å². The Morgan fingerprint density at radius 2 is 1.63 bits per heavy atom. The highest BCUT2D eigenvalue weighted by Gasteiger charge is 2.40. The SMILES string of the molecule is Cc1cc(C)c(NC2C=CC(C=C(C3=CCC(C(F)(F)F)CC3)c3cccc(C(F)(F)F)c3)=CC2)c(C)c1. The Balaban J connectivity index is 1.62. The molecular weight excluding hydrogens is 500 g/mol. The molecule has 38 heavy (non-hydrogen) atoms. The van der Waals surface area contributed by atoms with Gasteiger partial charge >= 0.3 is 12.4 Å². The number of aryl methyl sites for hydroxylation is 3. The second-order valence-electron chi connectivity index (χ2n) is 10.2. The van der Waals surface area contributed by atoms with Gasteiger partial charge in [-0.05, 0) is 98.1 Å². The molecular formula is C31H31F6N. The number of allylic oxidation sites excluding steroid dienone is 6. The lowest BCUT2D eigenvalue weighted by atomic mass is 9.83. The Morgan fingerprint density at radius 3 is 2.18 bits per heavy atom. The van der Waals surface area contributed by atoms with E-state index >= 15 is 0 Å². The maximum Gasteiger partial charge on any atom is 0.416 e. The van der Waals surface area contributed by atoms with Gasteiger partial charge in [-0.15, -0.1) is 0 Å². The van der Waals surface area contributed by atoms with Crippen LogP contribution in [-0.2, 0) is 6.18 Å². The van der Waals surface area contributed by atoms with E-state index in [0.717, 1.165) is 34.5 Å². The molecule has 2 aromatic carbocycles. The molecule has 2 aliphatic carbocycles. The first-order chi connectivity index (χ1) is 17.8. The van der Waals surface area contributed by atoms with Crippen LogP contribution in [0.15, 0.2) is 77.9 Å². The van der Waals surface area contributed by atoms with Crippen LogP contribution in [0.2, 0.25) is 0 Å². The van der Waals surface area contributed by atoms with Crippen LogP contribution < -0.4 is 5.32 Å². The highest BCUT2D eigenvalue weighted by Crippen LogP contribution is 2.41. The molecule has 0 aromatic heterocycles. The van der Waals surface area contributed by atoms with Gasteiger partial charge in [-0.25, -0.2) is 0 Å². The van der Waals surface area contributed by atoms with E-state index in [2.05, 4.69) is 38.2 Å². The number of alkyl halides is 6. The predicted octanol–water partition coefficient (Wildman–Crippen LogP) is 9.67. The zero-order valence-corrected chi connectivity index (χ0v) is 21.6. The second kappa shape index (κ2) is 10.9. The third-order valence-electron chi connectivity index (χ3n) is 7.17. The molecule has 0 amide bonds. The molecule has 0 fully saturated rings. The van der Waals surface area contributed by atoms with Gasteiger partial charge in [0.2, 0.25) is 0 Å². The fraction of sp³-hybridized carbons (Fsp3) is 0.355. The summed E-state index contributed by atoms with van der Waals surface area (Å²) in [5.74, 6) is -1.43. The molecule has 4 rings (SSSR count). The standard InChI is InChI=1S/C31H31F6N/c1-19-15-20(2)29(21(3)16-19)38-27-13-7-22(8-14-27)17-28(23-9-11-25(12-10-23)30(32,33)34)24-5-4-6-26(18-24)31(35,36)37/h4-9,13,15-18,25,27,38H,10-12,14H2,1-3H3. The van der Waals surface area contributed by atoms with Crippen LogP contribution in [0.4, 0.5) is 32.0 Å². The summed E-state index contributed by atoms with van der Waals surface area (Å²) in [7, 11) is 0. The van der Waals surface area contributed by atoms with E-state index in [0.29, 0.717) is 23.1 Å². The minimum Gasteiger partial charge on any atom is -0.378 e. The summed E-state index contributed by atoms with van der Waals surface area (Å²) in [5.41, 5.74) is 6.12. The topological polar surface area (TPSA) is 12.0 Å². The first-order valence-corrected chi connectivity index (χ1v) is 12.7. The summed E-state index contributed by atoms with van der Waals surface area (Å²) in [6.45, 7) is 6.17. The monoisotopic (exact) mass is 531 g/mol. The first kappa shape index (κ1) is 27.8. The zero-order chi connectivity index (χ0) is 27.7. The van der Waals surface area contributed by atoms with Gasteiger partial charge in [0.05, 0.1) is 11.5 Å². The van der Waals surface area contributed by atoms with E-state index in [1.165, 1.54) is 17.7 Å². The number of benzene rings is 2. The highest BCUT2D eigenvalue weighted by atomic mass is 19.4. The third kappa shape index (κ3) is 6.61. The van der Waals surface area contributed by atoms with E-state index in [1.54, 1.807) is 12.1 Å². The molecule has 0 heterocycles. The summed E-state index contributed by atoms with van der Waals surface area (Å²) in [6.07, 6.45) is 1.03. The van der Waals surface area contributed by atoms with Crippen LogP contribution in [0.1, 0.15) is 53.5 Å². The smallest absolute Gasteiger partial charge is 0.378 e. The van der Waals surface area contributed by atoms with Gasteiger partial charge in [-0.3, -0.25) is 0 Å². The maximum absolute atomic E-state index is 13.4. The lowest BCUT2D eigenvalue weighted by Crippen LogP contribution is -2.24. The normalized spacial score (nSPS) is 20.7. The summed E-state index contributed by atoms with van der Waals surface area (Å²) in [6, 6.07) is 9.28. The largest absolute Gasteiger partial charge is 0.416 e. The van der Waals surface area contributed by atoms with Crippen molar-refractivity contribution in [1.29, 1.82) is 0 Å². The molecule has 2 unspecified atom stereocenters. The van der Waals surface area contributed by atoms with E-state index in [4.69, 9.17) is 0 Å². The van der Waals surface area contributed by atoms with Crippen molar-refractivity contribution in [3.8, 4) is 0 Å². The van der Waals surface area contributed by atoms with E-state index < -0.39 is 23.8 Å². The quantitative estimate of drug-likeness (QED) is 0.379.